The van der Waals surface area contributed by atoms with E-state index in [0.717, 1.165) is 34.4 Å². The molecule has 0 fully saturated rings. The minimum absolute atomic E-state index is 0.195. The molecule has 35 heavy (non-hydrogen) atoms. The fraction of sp³-hybridized carbons (Fsp3) is 0.231. The Labute approximate surface area is 200 Å². The number of hydrogen-bond donors (Lipinski definition) is 0. The number of methoxy groups -OCH3 is 1. The predicted molar refractivity (Wildman–Crippen MR) is 127 cm³/mol. The van der Waals surface area contributed by atoms with E-state index in [1.807, 2.05) is 30.3 Å². The second-order valence-electron chi connectivity index (χ2n) is 8.29. The van der Waals surface area contributed by atoms with E-state index in [2.05, 4.69) is 21.0 Å². The number of aryl methyl sites for hydroxylation is 1. The maximum Gasteiger partial charge on any atom is 0.351 e. The largest absolute Gasteiger partial charge is 0.481 e. The van der Waals surface area contributed by atoms with Crippen LogP contribution in [0, 0.1) is 0 Å². The van der Waals surface area contributed by atoms with Crippen molar-refractivity contribution >= 4 is 0 Å². The topological polar surface area (TPSA) is 97.6 Å². The van der Waals surface area contributed by atoms with Crippen LogP contribution in [0.1, 0.15) is 5.56 Å². The molecule has 2 aliphatic rings. The summed E-state index contributed by atoms with van der Waals surface area (Å²) in [4.78, 5) is 25.3. The average molecular weight is 470 g/mol. The fourth-order valence-corrected chi connectivity index (χ4v) is 4.35. The summed E-state index contributed by atoms with van der Waals surface area (Å²) in [5, 5.41) is 0. The smallest absolute Gasteiger partial charge is 0.351 e. The molecule has 1 atom stereocenters. The van der Waals surface area contributed by atoms with E-state index in [-0.39, 0.29) is 24.3 Å². The molecule has 0 amide bonds. The summed E-state index contributed by atoms with van der Waals surface area (Å²) in [6, 6.07) is 15.4. The summed E-state index contributed by atoms with van der Waals surface area (Å²) in [6.45, 7) is 1.06. The molecule has 0 bridgehead atoms. The Morgan fingerprint density at radius 3 is 2.86 bits per heavy atom. The first-order valence-corrected chi connectivity index (χ1v) is 11.3. The number of ether oxygens (including phenoxy) is 4. The molecule has 1 unspecified atom stereocenters. The molecular formula is C26H22N4O5. The Bertz CT molecular complexity index is 1450. The number of pyridine rings is 2. The fourth-order valence-electron chi connectivity index (χ4n) is 4.35. The Balaban J connectivity index is 1.24. The second-order valence-corrected chi connectivity index (χ2v) is 8.29. The zero-order valence-electron chi connectivity index (χ0n) is 19.0. The van der Waals surface area contributed by atoms with Gasteiger partial charge in [0.05, 0.1) is 12.8 Å². The van der Waals surface area contributed by atoms with Crippen molar-refractivity contribution in [3.05, 3.63) is 77.0 Å². The van der Waals surface area contributed by atoms with Gasteiger partial charge in [-0.15, -0.1) is 0 Å². The van der Waals surface area contributed by atoms with Crippen LogP contribution in [0.5, 0.6) is 23.4 Å². The number of aromatic nitrogens is 4. The highest BCUT2D eigenvalue weighted by Gasteiger charge is 2.24. The van der Waals surface area contributed by atoms with Crippen molar-refractivity contribution in [2.45, 2.75) is 19.1 Å². The molecule has 176 valence electrons. The first-order chi connectivity index (χ1) is 17.2. The summed E-state index contributed by atoms with van der Waals surface area (Å²) in [5.74, 6) is 1.88. The van der Waals surface area contributed by atoms with Gasteiger partial charge in [0.2, 0.25) is 11.8 Å². The van der Waals surface area contributed by atoms with E-state index >= 15 is 0 Å². The standard InChI is InChI=1S/C26H22N4O5/c1-32-23-7-5-18(13-28-23)16-4-6-20-17(11-16)8-10-30-21(20)12-24(29-26(30)31)33-14-19-15-34-25-22(35-19)3-2-9-27-25/h2-7,9,11-13,19H,8,10,14-15H2,1H3. The van der Waals surface area contributed by atoms with Crippen molar-refractivity contribution in [2.24, 2.45) is 0 Å². The van der Waals surface area contributed by atoms with E-state index < -0.39 is 0 Å². The quantitative estimate of drug-likeness (QED) is 0.439. The zero-order chi connectivity index (χ0) is 23.8. The first-order valence-electron chi connectivity index (χ1n) is 11.3. The maximum atomic E-state index is 12.7. The Morgan fingerprint density at radius 2 is 2.00 bits per heavy atom. The predicted octanol–water partition coefficient (Wildman–Crippen LogP) is 3.15. The molecule has 0 saturated carbocycles. The van der Waals surface area contributed by atoms with E-state index in [1.54, 1.807) is 36.2 Å². The van der Waals surface area contributed by atoms with Gasteiger partial charge in [0.25, 0.3) is 5.88 Å². The average Bonchev–Trinajstić information content (AvgIpc) is 2.91. The van der Waals surface area contributed by atoms with E-state index in [4.69, 9.17) is 18.9 Å². The van der Waals surface area contributed by atoms with Crippen LogP contribution in [-0.2, 0) is 13.0 Å². The molecule has 4 aromatic rings. The minimum Gasteiger partial charge on any atom is -0.481 e. The van der Waals surface area contributed by atoms with Crippen LogP contribution in [-0.4, -0.2) is 45.9 Å². The third-order valence-corrected chi connectivity index (χ3v) is 6.11. The summed E-state index contributed by atoms with van der Waals surface area (Å²) in [5.41, 5.74) is 4.66. The molecule has 3 aromatic heterocycles. The van der Waals surface area contributed by atoms with Gasteiger partial charge in [-0.3, -0.25) is 4.57 Å². The van der Waals surface area contributed by atoms with Gasteiger partial charge in [0, 0.05) is 42.2 Å². The Hall–Kier alpha value is -4.40. The van der Waals surface area contributed by atoms with Crippen LogP contribution >= 0.6 is 0 Å². The molecule has 6 rings (SSSR count). The molecule has 2 aliphatic heterocycles. The van der Waals surface area contributed by atoms with Crippen LogP contribution in [0.15, 0.2) is 65.7 Å². The van der Waals surface area contributed by atoms with Gasteiger partial charge >= 0.3 is 5.69 Å². The lowest BCUT2D eigenvalue weighted by Crippen LogP contribution is -2.35. The number of hydrogen-bond acceptors (Lipinski definition) is 8. The highest BCUT2D eigenvalue weighted by Crippen LogP contribution is 2.33. The van der Waals surface area contributed by atoms with Crippen LogP contribution in [0.3, 0.4) is 0 Å². The SMILES string of the molecule is COc1ccc(-c2ccc3c(c2)CCn2c-3cc(OCC3COc4ncccc4O3)nc2=O)cn1. The molecule has 0 saturated heterocycles. The highest BCUT2D eigenvalue weighted by atomic mass is 16.6. The van der Waals surface area contributed by atoms with Gasteiger partial charge in [-0.1, -0.05) is 18.2 Å². The molecule has 0 radical (unpaired) electrons. The highest BCUT2D eigenvalue weighted by molar-refractivity contribution is 5.73. The molecule has 1 aromatic carbocycles. The number of rotatable bonds is 5. The van der Waals surface area contributed by atoms with E-state index in [1.165, 1.54) is 0 Å². The lowest BCUT2D eigenvalue weighted by molar-refractivity contribution is 0.0486. The molecule has 9 heteroatoms. The normalized spacial score (nSPS) is 15.6. The third kappa shape index (κ3) is 4.05. The van der Waals surface area contributed by atoms with Crippen LogP contribution in [0.2, 0.25) is 0 Å². The van der Waals surface area contributed by atoms with Crippen molar-refractivity contribution in [2.75, 3.05) is 20.3 Å². The lowest BCUT2D eigenvalue weighted by atomic mass is 9.94. The summed E-state index contributed by atoms with van der Waals surface area (Å²) >= 11 is 0. The van der Waals surface area contributed by atoms with E-state index in [0.29, 0.717) is 30.7 Å². The number of benzene rings is 1. The van der Waals surface area contributed by atoms with Gasteiger partial charge < -0.3 is 18.9 Å². The van der Waals surface area contributed by atoms with Crippen molar-refractivity contribution in [1.82, 2.24) is 19.5 Å². The Morgan fingerprint density at radius 1 is 1.09 bits per heavy atom. The van der Waals surface area contributed by atoms with Crippen molar-refractivity contribution in [3.63, 3.8) is 0 Å². The van der Waals surface area contributed by atoms with Crippen molar-refractivity contribution < 1.29 is 18.9 Å². The summed E-state index contributed by atoms with van der Waals surface area (Å²) < 4.78 is 24.2. The van der Waals surface area contributed by atoms with Gasteiger partial charge in [-0.25, -0.2) is 14.8 Å². The molecule has 9 nitrogen and oxygen atoms in total. The number of fused-ring (bicyclic) bond motifs is 4. The minimum atomic E-state index is -0.333. The number of nitrogens with zero attached hydrogens (tertiary/aromatic N) is 4. The van der Waals surface area contributed by atoms with Gasteiger partial charge in [0.1, 0.15) is 13.2 Å². The molecule has 0 aliphatic carbocycles. The third-order valence-electron chi connectivity index (χ3n) is 6.11. The summed E-state index contributed by atoms with van der Waals surface area (Å²) in [7, 11) is 1.60. The maximum absolute atomic E-state index is 12.7. The van der Waals surface area contributed by atoms with E-state index in [9.17, 15) is 4.79 Å². The second kappa shape index (κ2) is 8.75. The molecule has 0 spiro atoms. The lowest BCUT2D eigenvalue weighted by Gasteiger charge is -2.26. The Kier molecular flexibility index (Phi) is 5.29. The van der Waals surface area contributed by atoms with Crippen molar-refractivity contribution in [3.8, 4) is 45.8 Å². The zero-order valence-corrected chi connectivity index (χ0v) is 19.0. The van der Waals surface area contributed by atoms with Gasteiger partial charge in [-0.2, -0.15) is 4.98 Å². The van der Waals surface area contributed by atoms with Gasteiger partial charge in [0.15, 0.2) is 11.9 Å². The molecule has 5 heterocycles. The van der Waals surface area contributed by atoms with Crippen molar-refractivity contribution in [1.29, 1.82) is 0 Å². The monoisotopic (exact) mass is 470 g/mol. The first kappa shape index (κ1) is 21.2. The van der Waals surface area contributed by atoms with Crippen LogP contribution in [0.25, 0.3) is 22.4 Å². The summed E-state index contributed by atoms with van der Waals surface area (Å²) in [6.07, 6.45) is 3.85. The van der Waals surface area contributed by atoms with Crippen LogP contribution < -0.4 is 24.6 Å². The van der Waals surface area contributed by atoms with Crippen LogP contribution in [0.4, 0.5) is 0 Å². The van der Waals surface area contributed by atoms with Gasteiger partial charge in [-0.05, 0) is 35.7 Å². The molecular weight excluding hydrogens is 448 g/mol. The molecule has 0 N–H and O–H groups in total.